The number of halogens is 1. The van der Waals surface area contributed by atoms with Crippen molar-refractivity contribution in [3.05, 3.63) is 39.4 Å². The van der Waals surface area contributed by atoms with E-state index < -0.39 is 0 Å². The second-order valence-electron chi connectivity index (χ2n) is 4.03. The lowest BCUT2D eigenvalue weighted by atomic mass is 10.2. The Kier molecular flexibility index (Phi) is 4.56. The zero-order chi connectivity index (χ0) is 13.7. The molecule has 5 heteroatoms. The first-order valence-corrected chi connectivity index (χ1v) is 6.37. The Labute approximate surface area is 116 Å². The number of nitrogens with zero attached hydrogens (tertiary/aromatic N) is 1. The van der Waals surface area contributed by atoms with E-state index in [4.69, 9.17) is 11.6 Å². The van der Waals surface area contributed by atoms with Gasteiger partial charge in [0.1, 0.15) is 5.82 Å². The molecule has 0 fully saturated rings. The van der Waals surface area contributed by atoms with Crippen LogP contribution in [0.2, 0.25) is 5.02 Å². The van der Waals surface area contributed by atoms with Gasteiger partial charge in [-0.15, -0.1) is 11.8 Å². The van der Waals surface area contributed by atoms with Gasteiger partial charge in [-0.3, -0.25) is 4.79 Å². The Balaban J connectivity index is 2.15. The molecule has 0 aliphatic carbocycles. The van der Waals surface area contributed by atoms with Crippen LogP contribution in [0.3, 0.4) is 0 Å². The quantitative estimate of drug-likeness (QED) is 0.663. The number of benzene rings is 1. The lowest BCUT2D eigenvalue weighted by Crippen LogP contribution is -2.20. The van der Waals surface area contributed by atoms with Crippen molar-refractivity contribution in [3.8, 4) is 11.8 Å². The van der Waals surface area contributed by atoms with Crippen LogP contribution in [0.4, 0.5) is 0 Å². The summed E-state index contributed by atoms with van der Waals surface area (Å²) in [6.07, 6.45) is 0.778. The van der Waals surface area contributed by atoms with Crippen LogP contribution in [-0.4, -0.2) is 16.5 Å². The van der Waals surface area contributed by atoms with Crippen LogP contribution in [0.1, 0.15) is 19.2 Å². The summed E-state index contributed by atoms with van der Waals surface area (Å²) >= 11 is 5.90. The molecule has 2 aromatic rings. The van der Waals surface area contributed by atoms with Gasteiger partial charge < -0.3 is 10.3 Å². The monoisotopic (exact) mass is 275 g/mol. The largest absolute Gasteiger partial charge is 0.309 e. The van der Waals surface area contributed by atoms with E-state index in [0.717, 1.165) is 13.0 Å². The Morgan fingerprint density at radius 1 is 1.47 bits per heavy atom. The van der Waals surface area contributed by atoms with Crippen LogP contribution in [0.25, 0.3) is 10.9 Å². The molecule has 0 spiro atoms. The Bertz CT molecular complexity index is 697. The highest BCUT2D eigenvalue weighted by Gasteiger charge is 2.04. The molecule has 0 unspecified atom stereocenters. The molecule has 0 saturated heterocycles. The molecule has 1 aromatic carbocycles. The summed E-state index contributed by atoms with van der Waals surface area (Å²) in [5, 5.41) is 4.29. The average Bonchev–Trinajstić information content (AvgIpc) is 2.38. The molecule has 2 N–H and O–H groups in total. The van der Waals surface area contributed by atoms with Crippen molar-refractivity contribution in [1.29, 1.82) is 0 Å². The Morgan fingerprint density at radius 2 is 2.32 bits per heavy atom. The number of fused-ring (bicyclic) bond motifs is 1. The summed E-state index contributed by atoms with van der Waals surface area (Å²) in [5.41, 5.74) is 0.466. The zero-order valence-corrected chi connectivity index (χ0v) is 11.3. The van der Waals surface area contributed by atoms with E-state index in [9.17, 15) is 4.79 Å². The van der Waals surface area contributed by atoms with Gasteiger partial charge in [0.2, 0.25) is 0 Å². The van der Waals surface area contributed by atoms with E-state index in [2.05, 4.69) is 27.1 Å². The van der Waals surface area contributed by atoms with Gasteiger partial charge in [0.15, 0.2) is 0 Å². The smallest absolute Gasteiger partial charge is 0.258 e. The van der Waals surface area contributed by atoms with Gasteiger partial charge in [0, 0.05) is 18.0 Å². The fraction of sp³-hybridized carbons (Fsp3) is 0.286. The van der Waals surface area contributed by atoms with Crippen LogP contribution in [0, 0.1) is 11.8 Å². The van der Waals surface area contributed by atoms with Crippen molar-refractivity contribution in [2.24, 2.45) is 0 Å². The topological polar surface area (TPSA) is 57.8 Å². The second kappa shape index (κ2) is 6.37. The molecule has 1 aromatic heterocycles. The van der Waals surface area contributed by atoms with Gasteiger partial charge >= 0.3 is 0 Å². The Hall–Kier alpha value is -1.83. The summed E-state index contributed by atoms with van der Waals surface area (Å²) in [4.78, 5) is 19.0. The number of aromatic amines is 1. The van der Waals surface area contributed by atoms with Crippen LogP contribution in [-0.2, 0) is 6.54 Å². The molecule has 19 heavy (non-hydrogen) atoms. The number of hydrogen-bond donors (Lipinski definition) is 2. The first-order chi connectivity index (χ1) is 9.20. The van der Waals surface area contributed by atoms with Crippen LogP contribution < -0.4 is 10.9 Å². The summed E-state index contributed by atoms with van der Waals surface area (Å²) in [6.45, 7) is 3.08. The molecule has 1 heterocycles. The maximum absolute atomic E-state index is 11.9. The Morgan fingerprint density at radius 3 is 3.11 bits per heavy atom. The van der Waals surface area contributed by atoms with E-state index in [0.29, 0.717) is 28.3 Å². The van der Waals surface area contributed by atoms with E-state index in [1.165, 1.54) is 0 Å². The van der Waals surface area contributed by atoms with Gasteiger partial charge in [0.25, 0.3) is 5.56 Å². The van der Waals surface area contributed by atoms with E-state index in [1.54, 1.807) is 18.2 Å². The number of H-pyrrole nitrogens is 1. The first kappa shape index (κ1) is 13.6. The molecular weight excluding hydrogens is 262 g/mol. The molecule has 0 amide bonds. The fourth-order valence-corrected chi connectivity index (χ4v) is 1.89. The van der Waals surface area contributed by atoms with Crippen molar-refractivity contribution in [3.63, 3.8) is 0 Å². The van der Waals surface area contributed by atoms with Crippen LogP contribution in [0.15, 0.2) is 23.0 Å². The fourth-order valence-electron chi connectivity index (χ4n) is 1.73. The van der Waals surface area contributed by atoms with Crippen molar-refractivity contribution < 1.29 is 0 Å². The van der Waals surface area contributed by atoms with E-state index in [1.807, 2.05) is 6.92 Å². The minimum absolute atomic E-state index is 0.146. The summed E-state index contributed by atoms with van der Waals surface area (Å²) < 4.78 is 0. The number of aromatic nitrogens is 2. The number of hydrogen-bond acceptors (Lipinski definition) is 3. The highest BCUT2D eigenvalue weighted by atomic mass is 35.5. The number of rotatable bonds is 4. The molecule has 0 aliphatic rings. The predicted octanol–water partition coefficient (Wildman–Crippen LogP) is 2.08. The van der Waals surface area contributed by atoms with Gasteiger partial charge in [-0.2, -0.15) is 0 Å². The highest BCUT2D eigenvalue weighted by molar-refractivity contribution is 6.31. The van der Waals surface area contributed by atoms with Crippen LogP contribution >= 0.6 is 11.6 Å². The molecule has 4 nitrogen and oxygen atoms in total. The lowest BCUT2D eigenvalue weighted by molar-refractivity contribution is 0.671. The average molecular weight is 276 g/mol. The van der Waals surface area contributed by atoms with E-state index in [-0.39, 0.29) is 5.56 Å². The molecule has 0 bridgehead atoms. The number of nitrogens with one attached hydrogen (secondary N) is 2. The first-order valence-electron chi connectivity index (χ1n) is 5.99. The molecule has 98 valence electrons. The molecule has 0 saturated carbocycles. The normalized spacial score (nSPS) is 10.2. The summed E-state index contributed by atoms with van der Waals surface area (Å²) in [5.74, 6) is 6.39. The van der Waals surface area contributed by atoms with Gasteiger partial charge in [0.05, 0.1) is 17.4 Å². The van der Waals surface area contributed by atoms with Crippen molar-refractivity contribution in [2.75, 3.05) is 6.54 Å². The molecular formula is C14H14ClN3O. The molecule has 0 aliphatic heterocycles. The standard InChI is InChI=1S/C14H14ClN3O/c1-2-3-4-7-16-9-13-17-12-8-10(15)5-6-11(12)14(19)18-13/h5-6,8,16H,4,7,9H2,1H3,(H,17,18,19). The van der Waals surface area contributed by atoms with E-state index >= 15 is 0 Å². The third-order valence-electron chi connectivity index (χ3n) is 2.61. The van der Waals surface area contributed by atoms with Crippen molar-refractivity contribution in [2.45, 2.75) is 19.9 Å². The predicted molar refractivity (Wildman–Crippen MR) is 77.1 cm³/mol. The zero-order valence-electron chi connectivity index (χ0n) is 10.6. The van der Waals surface area contributed by atoms with Gasteiger partial charge in [-0.1, -0.05) is 11.6 Å². The summed E-state index contributed by atoms with van der Waals surface area (Å²) in [7, 11) is 0. The minimum atomic E-state index is -0.146. The van der Waals surface area contributed by atoms with Crippen LogP contribution in [0.5, 0.6) is 0 Å². The molecule has 2 rings (SSSR count). The van der Waals surface area contributed by atoms with Gasteiger partial charge in [-0.05, 0) is 25.1 Å². The highest BCUT2D eigenvalue weighted by Crippen LogP contribution is 2.14. The molecule has 0 atom stereocenters. The molecule has 0 radical (unpaired) electrons. The minimum Gasteiger partial charge on any atom is -0.309 e. The SMILES string of the molecule is CC#CCCNCc1nc2cc(Cl)ccc2c(=O)[nH]1. The van der Waals surface area contributed by atoms with Gasteiger partial charge in [-0.25, -0.2) is 4.98 Å². The third-order valence-corrected chi connectivity index (χ3v) is 2.85. The van der Waals surface area contributed by atoms with Crippen molar-refractivity contribution >= 4 is 22.5 Å². The lowest BCUT2D eigenvalue weighted by Gasteiger charge is -2.04. The third kappa shape index (κ3) is 3.57. The second-order valence-corrected chi connectivity index (χ2v) is 4.46. The maximum atomic E-state index is 11.9. The maximum Gasteiger partial charge on any atom is 0.258 e. The van der Waals surface area contributed by atoms with Crippen molar-refractivity contribution in [1.82, 2.24) is 15.3 Å². The summed E-state index contributed by atoms with van der Waals surface area (Å²) in [6, 6.07) is 5.05.